The van der Waals surface area contributed by atoms with Crippen LogP contribution in [0.4, 0.5) is 0 Å². The summed E-state index contributed by atoms with van der Waals surface area (Å²) < 4.78 is 6.19. The summed E-state index contributed by atoms with van der Waals surface area (Å²) in [6, 6.07) is 13.9. The van der Waals surface area contributed by atoms with Gasteiger partial charge in [-0.2, -0.15) is 0 Å². The molecule has 4 aliphatic carbocycles. The van der Waals surface area contributed by atoms with Gasteiger partial charge in [0.05, 0.1) is 0 Å². The van der Waals surface area contributed by atoms with Gasteiger partial charge in [0.25, 0.3) is 0 Å². The van der Waals surface area contributed by atoms with E-state index in [4.69, 9.17) is 27.9 Å². The van der Waals surface area contributed by atoms with Gasteiger partial charge in [-0.25, -0.2) is 0 Å². The van der Waals surface area contributed by atoms with Crippen molar-refractivity contribution in [3.05, 3.63) is 63.6 Å². The van der Waals surface area contributed by atoms with Gasteiger partial charge in [0.15, 0.2) is 0 Å². The van der Waals surface area contributed by atoms with Crippen LogP contribution in [0.2, 0.25) is 10.0 Å². The number of rotatable bonds is 6. The first-order valence-corrected chi connectivity index (χ1v) is 11.9. The van der Waals surface area contributed by atoms with Crippen LogP contribution in [-0.4, -0.2) is 5.54 Å². The van der Waals surface area contributed by atoms with Crippen molar-refractivity contribution in [1.82, 2.24) is 5.32 Å². The molecule has 4 bridgehead atoms. The maximum absolute atomic E-state index is 6.32. The molecule has 2 aromatic carbocycles. The number of nitrogens with one attached hydrogen (secondary N) is 1. The number of benzene rings is 2. The largest absolute Gasteiger partial charge is 0.488 e. The smallest absolute Gasteiger partial charge is 0.124 e. The van der Waals surface area contributed by atoms with Gasteiger partial charge in [0.2, 0.25) is 0 Å². The first-order valence-electron chi connectivity index (χ1n) is 11.2. The van der Waals surface area contributed by atoms with Crippen LogP contribution in [0.3, 0.4) is 0 Å². The van der Waals surface area contributed by atoms with Crippen LogP contribution in [0.5, 0.6) is 5.75 Å². The van der Waals surface area contributed by atoms with Gasteiger partial charge in [0.1, 0.15) is 12.4 Å². The standard InChI is InChI=1S/C26H31Cl2NO/c1-24-10-18-11-25(2,15-24)17-26(12-18,16-24)29-13-19-6-3-4-9-23(19)30-14-20-21(27)7-5-8-22(20)28/h3-9,18,29H,10-17H2,1-2H3. The van der Waals surface area contributed by atoms with E-state index in [0.29, 0.717) is 27.5 Å². The molecule has 4 aliphatic rings. The zero-order valence-electron chi connectivity index (χ0n) is 17.9. The summed E-state index contributed by atoms with van der Waals surface area (Å²) in [4.78, 5) is 0. The molecule has 6 rings (SSSR count). The summed E-state index contributed by atoms with van der Waals surface area (Å²) >= 11 is 12.6. The van der Waals surface area contributed by atoms with Crippen molar-refractivity contribution in [1.29, 1.82) is 0 Å². The van der Waals surface area contributed by atoms with Crippen molar-refractivity contribution < 1.29 is 4.74 Å². The second-order valence-electron chi connectivity index (χ2n) is 10.9. The number of hydrogen-bond acceptors (Lipinski definition) is 2. The number of hydrogen-bond donors (Lipinski definition) is 1. The van der Waals surface area contributed by atoms with Gasteiger partial charge < -0.3 is 10.1 Å². The van der Waals surface area contributed by atoms with E-state index in [1.807, 2.05) is 30.3 Å². The summed E-state index contributed by atoms with van der Waals surface area (Å²) in [5, 5.41) is 5.32. The van der Waals surface area contributed by atoms with E-state index in [1.165, 1.54) is 44.1 Å². The highest BCUT2D eigenvalue weighted by Gasteiger charge is 2.59. The summed E-state index contributed by atoms with van der Waals surface area (Å²) in [5.41, 5.74) is 3.34. The molecule has 4 saturated carbocycles. The fourth-order valence-corrected chi connectivity index (χ4v) is 8.04. The molecule has 2 atom stereocenters. The Bertz CT molecular complexity index is 920. The average Bonchev–Trinajstić information content (AvgIpc) is 2.64. The van der Waals surface area contributed by atoms with E-state index in [2.05, 4.69) is 31.3 Å². The van der Waals surface area contributed by atoms with Gasteiger partial charge in [-0.1, -0.05) is 61.3 Å². The predicted octanol–water partition coefficient (Wildman–Crippen LogP) is 7.41. The minimum atomic E-state index is 0.280. The molecule has 2 unspecified atom stereocenters. The Morgan fingerprint density at radius 1 is 0.900 bits per heavy atom. The van der Waals surface area contributed by atoms with Crippen molar-refractivity contribution >= 4 is 23.2 Å². The molecule has 160 valence electrons. The van der Waals surface area contributed by atoms with E-state index in [0.717, 1.165) is 23.8 Å². The highest BCUT2D eigenvalue weighted by molar-refractivity contribution is 6.35. The fraction of sp³-hybridized carbons (Fsp3) is 0.538. The lowest BCUT2D eigenvalue weighted by molar-refractivity contribution is -0.118. The minimum absolute atomic E-state index is 0.280. The molecular formula is C26H31Cl2NO. The lowest BCUT2D eigenvalue weighted by atomic mass is 9.43. The molecule has 0 saturated heterocycles. The van der Waals surface area contributed by atoms with Gasteiger partial charge in [0, 0.05) is 33.3 Å². The second-order valence-corrected chi connectivity index (χ2v) is 11.7. The lowest BCUT2D eigenvalue weighted by Gasteiger charge is -2.65. The highest BCUT2D eigenvalue weighted by atomic mass is 35.5. The van der Waals surface area contributed by atoms with Crippen LogP contribution in [0.25, 0.3) is 0 Å². The number of ether oxygens (including phenoxy) is 1. The molecule has 0 heterocycles. The van der Waals surface area contributed by atoms with Crippen LogP contribution in [0.1, 0.15) is 63.5 Å². The van der Waals surface area contributed by atoms with Crippen molar-refractivity contribution in [2.24, 2.45) is 16.7 Å². The molecular weight excluding hydrogens is 413 g/mol. The Morgan fingerprint density at radius 3 is 2.23 bits per heavy atom. The third-order valence-corrected chi connectivity index (χ3v) is 8.39. The Labute approximate surface area is 190 Å². The zero-order chi connectivity index (χ0) is 21.0. The topological polar surface area (TPSA) is 21.3 Å². The van der Waals surface area contributed by atoms with Crippen LogP contribution in [0, 0.1) is 16.7 Å². The molecule has 4 fully saturated rings. The van der Waals surface area contributed by atoms with Crippen LogP contribution in [0.15, 0.2) is 42.5 Å². The lowest BCUT2D eigenvalue weighted by Crippen LogP contribution is -2.63. The molecule has 0 aliphatic heterocycles. The van der Waals surface area contributed by atoms with Gasteiger partial charge >= 0.3 is 0 Å². The van der Waals surface area contributed by atoms with Crippen LogP contribution in [-0.2, 0) is 13.2 Å². The quantitative estimate of drug-likeness (QED) is 0.501. The van der Waals surface area contributed by atoms with Gasteiger partial charge in [-0.05, 0) is 73.5 Å². The fourth-order valence-electron chi connectivity index (χ4n) is 7.54. The molecule has 30 heavy (non-hydrogen) atoms. The number of para-hydroxylation sites is 1. The molecule has 0 aromatic heterocycles. The predicted molar refractivity (Wildman–Crippen MR) is 124 cm³/mol. The minimum Gasteiger partial charge on any atom is -0.488 e. The monoisotopic (exact) mass is 443 g/mol. The molecule has 0 spiro atoms. The van der Waals surface area contributed by atoms with E-state index in [1.54, 1.807) is 0 Å². The highest BCUT2D eigenvalue weighted by Crippen LogP contribution is 2.66. The first-order chi connectivity index (χ1) is 14.3. The van der Waals surface area contributed by atoms with Crippen molar-refractivity contribution in [3.8, 4) is 5.75 Å². The molecule has 0 radical (unpaired) electrons. The van der Waals surface area contributed by atoms with E-state index < -0.39 is 0 Å². The summed E-state index contributed by atoms with van der Waals surface area (Å²) in [6.45, 7) is 6.26. The van der Waals surface area contributed by atoms with Gasteiger partial charge in [-0.3, -0.25) is 0 Å². The molecule has 2 aromatic rings. The Kier molecular flexibility index (Phi) is 5.12. The average molecular weight is 444 g/mol. The van der Waals surface area contributed by atoms with Crippen LogP contribution < -0.4 is 10.1 Å². The van der Waals surface area contributed by atoms with Gasteiger partial charge in [-0.15, -0.1) is 0 Å². The third-order valence-electron chi connectivity index (χ3n) is 7.69. The maximum atomic E-state index is 6.32. The Balaban J connectivity index is 1.31. The SMILES string of the molecule is CC12CC3CC(C)(C1)CC(NCc1ccccc1OCc1c(Cl)cccc1Cl)(C3)C2. The van der Waals surface area contributed by atoms with E-state index in [-0.39, 0.29) is 5.54 Å². The van der Waals surface area contributed by atoms with E-state index in [9.17, 15) is 0 Å². The molecule has 4 heteroatoms. The maximum Gasteiger partial charge on any atom is 0.124 e. The molecule has 1 N–H and O–H groups in total. The summed E-state index contributed by atoms with van der Waals surface area (Å²) in [7, 11) is 0. The van der Waals surface area contributed by atoms with E-state index >= 15 is 0 Å². The summed E-state index contributed by atoms with van der Waals surface area (Å²) in [6.07, 6.45) is 8.19. The summed E-state index contributed by atoms with van der Waals surface area (Å²) in [5.74, 6) is 1.79. The molecule has 2 nitrogen and oxygen atoms in total. The van der Waals surface area contributed by atoms with Crippen molar-refractivity contribution in [2.75, 3.05) is 0 Å². The van der Waals surface area contributed by atoms with Crippen molar-refractivity contribution in [3.63, 3.8) is 0 Å². The molecule has 0 amide bonds. The normalized spacial score (nSPS) is 34.3. The zero-order valence-corrected chi connectivity index (χ0v) is 19.5. The third kappa shape index (κ3) is 3.87. The second kappa shape index (κ2) is 7.43. The van der Waals surface area contributed by atoms with Crippen molar-refractivity contribution in [2.45, 2.75) is 71.1 Å². The Hall–Kier alpha value is -1.22. The van der Waals surface area contributed by atoms with Crippen LogP contribution >= 0.6 is 23.2 Å². The first kappa shape index (κ1) is 20.7. The number of halogens is 2. The Morgan fingerprint density at radius 2 is 1.57 bits per heavy atom.